The summed E-state index contributed by atoms with van der Waals surface area (Å²) >= 11 is 1.79. The zero-order valence-corrected chi connectivity index (χ0v) is 13.1. The average molecular weight is 246 g/mol. The van der Waals surface area contributed by atoms with Crippen molar-refractivity contribution in [3.63, 3.8) is 0 Å². The topological polar surface area (TPSA) is 9.23 Å². The highest BCUT2D eigenvalue weighted by Gasteiger charge is 2.38. The first-order valence-electron chi connectivity index (χ1n) is 5.61. The Morgan fingerprint density at radius 3 is 2.20 bits per heavy atom. The second-order valence-corrected chi connectivity index (χ2v) is 11.6. The molecular formula is C12H26OSSi. The van der Waals surface area contributed by atoms with E-state index in [4.69, 9.17) is 4.43 Å². The predicted molar refractivity (Wildman–Crippen MR) is 75.0 cm³/mol. The molecule has 1 atom stereocenters. The standard InChI is InChI=1S/C12H26OSSi/c1-9-14-11(3)10(2)13-15(7,8)12(4,5)6/h10H,3,9H2,1-2,4-8H3. The van der Waals surface area contributed by atoms with E-state index in [1.54, 1.807) is 11.8 Å². The molecule has 0 aromatic rings. The molecule has 0 heterocycles. The summed E-state index contributed by atoms with van der Waals surface area (Å²) in [5.74, 6) is 1.07. The highest BCUT2D eigenvalue weighted by molar-refractivity contribution is 8.03. The Labute approximate surface area is 101 Å². The van der Waals surface area contributed by atoms with Crippen LogP contribution in [0.3, 0.4) is 0 Å². The fraction of sp³-hybridized carbons (Fsp3) is 0.833. The van der Waals surface area contributed by atoms with Gasteiger partial charge in [0.15, 0.2) is 8.32 Å². The lowest BCUT2D eigenvalue weighted by atomic mass is 10.2. The van der Waals surface area contributed by atoms with Crippen LogP contribution in [-0.2, 0) is 4.43 Å². The molecule has 0 rings (SSSR count). The van der Waals surface area contributed by atoms with Crippen LogP contribution in [0.15, 0.2) is 11.5 Å². The molecule has 0 N–H and O–H groups in total. The largest absolute Gasteiger partial charge is 0.410 e. The van der Waals surface area contributed by atoms with Gasteiger partial charge in [-0.3, -0.25) is 0 Å². The Morgan fingerprint density at radius 2 is 1.87 bits per heavy atom. The third-order valence-electron chi connectivity index (χ3n) is 3.06. The highest BCUT2D eigenvalue weighted by atomic mass is 32.2. The van der Waals surface area contributed by atoms with Crippen molar-refractivity contribution in [2.45, 2.75) is 58.9 Å². The van der Waals surface area contributed by atoms with Crippen molar-refractivity contribution in [3.05, 3.63) is 11.5 Å². The fourth-order valence-corrected chi connectivity index (χ4v) is 3.11. The molecule has 15 heavy (non-hydrogen) atoms. The van der Waals surface area contributed by atoms with E-state index in [1.807, 2.05) is 0 Å². The summed E-state index contributed by atoms with van der Waals surface area (Å²) in [6.07, 6.45) is 0.177. The lowest BCUT2D eigenvalue weighted by molar-refractivity contribution is 0.240. The highest BCUT2D eigenvalue weighted by Crippen LogP contribution is 2.38. The van der Waals surface area contributed by atoms with Gasteiger partial charge in [-0.2, -0.15) is 0 Å². The van der Waals surface area contributed by atoms with Crippen LogP contribution in [0.2, 0.25) is 18.1 Å². The Morgan fingerprint density at radius 1 is 1.40 bits per heavy atom. The molecule has 0 fully saturated rings. The number of thioether (sulfide) groups is 1. The van der Waals surface area contributed by atoms with Crippen molar-refractivity contribution in [2.24, 2.45) is 0 Å². The minimum absolute atomic E-state index is 0.177. The van der Waals surface area contributed by atoms with E-state index in [-0.39, 0.29) is 11.1 Å². The van der Waals surface area contributed by atoms with Crippen LogP contribution in [0.5, 0.6) is 0 Å². The monoisotopic (exact) mass is 246 g/mol. The maximum absolute atomic E-state index is 6.24. The molecule has 0 saturated carbocycles. The van der Waals surface area contributed by atoms with E-state index in [9.17, 15) is 0 Å². The van der Waals surface area contributed by atoms with Gasteiger partial charge in [-0.25, -0.2) is 0 Å². The zero-order valence-electron chi connectivity index (χ0n) is 11.3. The van der Waals surface area contributed by atoms with Crippen molar-refractivity contribution >= 4 is 20.1 Å². The van der Waals surface area contributed by atoms with Gasteiger partial charge in [-0.1, -0.05) is 34.3 Å². The van der Waals surface area contributed by atoms with Crippen LogP contribution < -0.4 is 0 Å². The molecule has 1 unspecified atom stereocenters. The molecule has 0 amide bonds. The van der Waals surface area contributed by atoms with Crippen molar-refractivity contribution in [1.82, 2.24) is 0 Å². The van der Waals surface area contributed by atoms with Crippen LogP contribution in [-0.4, -0.2) is 20.2 Å². The molecule has 0 bridgehead atoms. The Bertz CT molecular complexity index is 218. The maximum atomic E-state index is 6.24. The SMILES string of the molecule is C=C(SCC)C(C)O[Si](C)(C)C(C)(C)C. The van der Waals surface area contributed by atoms with E-state index < -0.39 is 8.32 Å². The van der Waals surface area contributed by atoms with E-state index in [0.29, 0.717) is 0 Å². The average Bonchev–Trinajstić information content (AvgIpc) is 2.01. The van der Waals surface area contributed by atoms with Gasteiger partial charge in [0, 0.05) is 4.91 Å². The number of hydrogen-bond donors (Lipinski definition) is 0. The molecule has 1 nitrogen and oxygen atoms in total. The predicted octanol–water partition coefficient (Wildman–Crippen LogP) is 4.66. The van der Waals surface area contributed by atoms with Gasteiger partial charge in [-0.05, 0) is 30.8 Å². The maximum Gasteiger partial charge on any atom is 0.192 e. The number of hydrogen-bond acceptors (Lipinski definition) is 2. The zero-order chi connectivity index (χ0) is 12.3. The van der Waals surface area contributed by atoms with Crippen LogP contribution in [0, 0.1) is 0 Å². The third-order valence-corrected chi connectivity index (χ3v) is 8.61. The summed E-state index contributed by atoms with van der Waals surface area (Å²) in [5, 5.41) is 0.276. The Balaban J connectivity index is 4.40. The molecule has 90 valence electrons. The third kappa shape index (κ3) is 4.75. The first-order valence-corrected chi connectivity index (χ1v) is 9.50. The molecule has 3 heteroatoms. The molecular weight excluding hydrogens is 220 g/mol. The lowest BCUT2D eigenvalue weighted by Gasteiger charge is -2.38. The first-order chi connectivity index (χ1) is 6.62. The lowest BCUT2D eigenvalue weighted by Crippen LogP contribution is -2.43. The smallest absolute Gasteiger partial charge is 0.192 e. The minimum atomic E-state index is -1.63. The summed E-state index contributed by atoms with van der Waals surface area (Å²) in [4.78, 5) is 1.15. The summed E-state index contributed by atoms with van der Waals surface area (Å²) in [7, 11) is -1.63. The van der Waals surface area contributed by atoms with Gasteiger partial charge >= 0.3 is 0 Å². The molecule has 0 aliphatic carbocycles. The second-order valence-electron chi connectivity index (χ2n) is 5.42. The van der Waals surface area contributed by atoms with E-state index in [0.717, 1.165) is 10.7 Å². The van der Waals surface area contributed by atoms with E-state index in [2.05, 4.69) is 54.3 Å². The summed E-state index contributed by atoms with van der Waals surface area (Å²) in [6.45, 7) is 19.7. The van der Waals surface area contributed by atoms with Crippen LogP contribution >= 0.6 is 11.8 Å². The van der Waals surface area contributed by atoms with E-state index >= 15 is 0 Å². The van der Waals surface area contributed by atoms with Crippen LogP contribution in [0.1, 0.15) is 34.6 Å². The minimum Gasteiger partial charge on any atom is -0.410 e. The van der Waals surface area contributed by atoms with E-state index in [1.165, 1.54) is 0 Å². The summed E-state index contributed by atoms with van der Waals surface area (Å²) in [6, 6.07) is 0. The number of rotatable bonds is 5. The van der Waals surface area contributed by atoms with Gasteiger partial charge in [0.1, 0.15) is 0 Å². The Kier molecular flexibility index (Phi) is 5.65. The quantitative estimate of drug-likeness (QED) is 0.652. The normalized spacial score (nSPS) is 15.1. The van der Waals surface area contributed by atoms with Gasteiger partial charge in [0.2, 0.25) is 0 Å². The molecule has 0 aliphatic rings. The van der Waals surface area contributed by atoms with Crippen molar-refractivity contribution in [2.75, 3.05) is 5.75 Å². The molecule has 0 radical (unpaired) electrons. The fourth-order valence-electron chi connectivity index (χ4n) is 0.987. The Hall–Kier alpha value is 0.267. The van der Waals surface area contributed by atoms with Gasteiger partial charge < -0.3 is 4.43 Å². The van der Waals surface area contributed by atoms with Crippen molar-refractivity contribution in [3.8, 4) is 0 Å². The molecule has 0 aliphatic heterocycles. The molecule has 0 saturated heterocycles. The van der Waals surface area contributed by atoms with Gasteiger partial charge in [0.25, 0.3) is 0 Å². The van der Waals surface area contributed by atoms with Gasteiger partial charge in [-0.15, -0.1) is 11.8 Å². The summed E-state index contributed by atoms with van der Waals surface area (Å²) in [5.41, 5.74) is 0. The molecule has 0 spiro atoms. The molecule has 0 aromatic heterocycles. The summed E-state index contributed by atoms with van der Waals surface area (Å²) < 4.78 is 6.24. The van der Waals surface area contributed by atoms with Crippen molar-refractivity contribution < 1.29 is 4.43 Å². The van der Waals surface area contributed by atoms with Gasteiger partial charge in [0.05, 0.1) is 6.10 Å². The molecule has 0 aromatic carbocycles. The second kappa shape index (κ2) is 5.55. The van der Waals surface area contributed by atoms with Crippen LogP contribution in [0.25, 0.3) is 0 Å². The first kappa shape index (κ1) is 15.3. The van der Waals surface area contributed by atoms with Crippen molar-refractivity contribution in [1.29, 1.82) is 0 Å². The van der Waals surface area contributed by atoms with Crippen LogP contribution in [0.4, 0.5) is 0 Å².